The molecule has 0 aliphatic carbocycles. The summed E-state index contributed by atoms with van der Waals surface area (Å²) in [5, 5.41) is 0. The summed E-state index contributed by atoms with van der Waals surface area (Å²) in [6, 6.07) is 0.669. The molecular weight excluding hydrogens is 476 g/mol. The lowest BCUT2D eigenvalue weighted by Gasteiger charge is -2.32. The van der Waals surface area contributed by atoms with E-state index in [1.54, 1.807) is 28.1 Å². The minimum Gasteiger partial charge on any atom is -0.459 e. The molecule has 0 aromatic rings. The van der Waals surface area contributed by atoms with E-state index in [0.717, 1.165) is 6.42 Å². The van der Waals surface area contributed by atoms with Crippen LogP contribution in [0.5, 0.6) is 0 Å². The third-order valence-electron chi connectivity index (χ3n) is 4.47. The van der Waals surface area contributed by atoms with Gasteiger partial charge in [0.05, 0.1) is 0 Å². The SMILES string of the molecule is C=C(C)C(=O)OC(CC)C[SiH](OC)OC.C=C(C)C(=O)OC(CC)[Si](C)(OCC)OCC.[SiH4]. The predicted molar refractivity (Wildman–Crippen MR) is 142 cm³/mol. The van der Waals surface area contributed by atoms with Gasteiger partial charge in [-0.25, -0.2) is 9.59 Å². The Balaban J connectivity index is -0.000000533. The first-order valence-corrected chi connectivity index (χ1v) is 15.2. The van der Waals surface area contributed by atoms with E-state index in [0.29, 0.717) is 36.8 Å². The van der Waals surface area contributed by atoms with E-state index in [9.17, 15) is 9.59 Å². The largest absolute Gasteiger partial charge is 0.459 e. The minimum atomic E-state index is -2.47. The predicted octanol–water partition coefficient (Wildman–Crippen LogP) is 2.51. The first-order valence-electron chi connectivity index (χ1n) is 11.0. The first kappa shape index (κ1) is 36.5. The number of hydrogen-bond acceptors (Lipinski definition) is 8. The lowest BCUT2D eigenvalue weighted by atomic mass is 10.3. The van der Waals surface area contributed by atoms with Gasteiger partial charge in [-0.15, -0.1) is 0 Å². The Morgan fingerprint density at radius 3 is 1.58 bits per heavy atom. The molecule has 0 aromatic heterocycles. The molecule has 0 heterocycles. The Kier molecular flexibility index (Phi) is 22.4. The number of carbonyl (C=O) groups excluding carboxylic acids is 2. The molecule has 8 nitrogen and oxygen atoms in total. The van der Waals surface area contributed by atoms with Gasteiger partial charge in [0.2, 0.25) is 0 Å². The number of hydrogen-bond donors (Lipinski definition) is 0. The maximum atomic E-state index is 11.6. The third kappa shape index (κ3) is 15.4. The molecule has 33 heavy (non-hydrogen) atoms. The standard InChI is InChI=1S/C12H24O4Si.C10H20O4Si.H4Si/c1-7-11(16-12(13)10(4)5)17(6,14-8-2)15-9-3;1-6-9(7-15(12-4)13-5)14-10(11)8(2)3;/h11H,4,7-9H2,1-3,5-6H3;9,15H,2,6-7H2,1,3-5H3;1H4. The zero-order chi connectivity index (χ0) is 25.3. The molecule has 0 fully saturated rings. The van der Waals surface area contributed by atoms with E-state index in [4.69, 9.17) is 27.2 Å². The second-order valence-electron chi connectivity index (χ2n) is 7.32. The Morgan fingerprint density at radius 2 is 1.27 bits per heavy atom. The molecule has 0 spiro atoms. The summed E-state index contributed by atoms with van der Waals surface area (Å²) < 4.78 is 32.4. The van der Waals surface area contributed by atoms with Gasteiger partial charge in [-0.2, -0.15) is 0 Å². The summed E-state index contributed by atoms with van der Waals surface area (Å²) in [6.07, 6.45) is 1.31. The molecule has 2 atom stereocenters. The molecule has 0 saturated heterocycles. The summed E-state index contributed by atoms with van der Waals surface area (Å²) >= 11 is 0. The summed E-state index contributed by atoms with van der Waals surface area (Å²) in [6.45, 7) is 21.2. The highest BCUT2D eigenvalue weighted by atomic mass is 28.4. The van der Waals surface area contributed by atoms with Crippen LogP contribution in [0.1, 0.15) is 54.4 Å². The highest BCUT2D eigenvalue weighted by Gasteiger charge is 2.43. The van der Waals surface area contributed by atoms with Crippen molar-refractivity contribution in [2.75, 3.05) is 27.4 Å². The number of ether oxygens (including phenoxy) is 2. The van der Waals surface area contributed by atoms with Crippen LogP contribution in [-0.4, -0.2) is 80.0 Å². The van der Waals surface area contributed by atoms with Crippen LogP contribution in [0.25, 0.3) is 0 Å². The Labute approximate surface area is 208 Å². The summed E-state index contributed by atoms with van der Waals surface area (Å²) in [4.78, 5) is 22.8. The molecular formula is C22H48O8Si3. The highest BCUT2D eigenvalue weighted by molar-refractivity contribution is 6.67. The zero-order valence-electron chi connectivity index (χ0n) is 21.4. The van der Waals surface area contributed by atoms with E-state index in [1.165, 1.54) is 0 Å². The fraction of sp³-hybridized carbons (Fsp3) is 0.727. The molecule has 0 radical (unpaired) electrons. The first-order chi connectivity index (χ1) is 15.0. The van der Waals surface area contributed by atoms with Crippen LogP contribution in [0, 0.1) is 0 Å². The number of carbonyl (C=O) groups is 2. The maximum absolute atomic E-state index is 11.6. The van der Waals surface area contributed by atoms with Crippen LogP contribution in [0.3, 0.4) is 0 Å². The molecule has 2 unspecified atom stereocenters. The zero-order valence-corrected chi connectivity index (χ0v) is 23.6. The molecule has 0 aliphatic rings. The topological polar surface area (TPSA) is 89.5 Å². The molecule has 196 valence electrons. The fourth-order valence-corrected chi connectivity index (χ4v) is 6.75. The molecule has 0 saturated carbocycles. The smallest absolute Gasteiger partial charge is 0.377 e. The Bertz CT molecular complexity index is 576. The van der Waals surface area contributed by atoms with Gasteiger partial charge < -0.3 is 27.2 Å². The van der Waals surface area contributed by atoms with Crippen molar-refractivity contribution >= 4 is 40.7 Å². The van der Waals surface area contributed by atoms with Crippen molar-refractivity contribution in [1.82, 2.24) is 0 Å². The van der Waals surface area contributed by atoms with Gasteiger partial charge in [-0.1, -0.05) is 27.0 Å². The van der Waals surface area contributed by atoms with Crippen LogP contribution in [0.4, 0.5) is 0 Å². The van der Waals surface area contributed by atoms with E-state index >= 15 is 0 Å². The van der Waals surface area contributed by atoms with Crippen LogP contribution in [-0.2, 0) is 36.8 Å². The second-order valence-corrected chi connectivity index (χ2v) is 12.8. The molecule has 0 aliphatic heterocycles. The van der Waals surface area contributed by atoms with E-state index < -0.39 is 17.8 Å². The van der Waals surface area contributed by atoms with Crippen LogP contribution in [0.15, 0.2) is 24.3 Å². The average Bonchev–Trinajstić information content (AvgIpc) is 2.74. The Hall–Kier alpha value is -1.09. The van der Waals surface area contributed by atoms with Crippen LogP contribution >= 0.6 is 0 Å². The minimum absolute atomic E-state index is 0. The molecule has 0 N–H and O–H groups in total. The van der Waals surface area contributed by atoms with Crippen LogP contribution < -0.4 is 0 Å². The summed E-state index contributed by atoms with van der Waals surface area (Å²) in [5.74, 6) is -0.725. The molecule has 0 bridgehead atoms. The van der Waals surface area contributed by atoms with Gasteiger partial charge in [-0.05, 0) is 58.0 Å². The lowest BCUT2D eigenvalue weighted by molar-refractivity contribution is -0.144. The number of esters is 2. The Morgan fingerprint density at radius 1 is 0.848 bits per heavy atom. The molecule has 0 amide bonds. The van der Waals surface area contributed by atoms with Gasteiger partial charge in [-0.3, -0.25) is 0 Å². The normalized spacial score (nSPS) is 12.5. The van der Waals surface area contributed by atoms with Crippen LogP contribution in [0.2, 0.25) is 12.6 Å². The molecule has 0 rings (SSSR count). The number of rotatable bonds is 15. The molecule has 11 heteroatoms. The van der Waals surface area contributed by atoms with Crippen molar-refractivity contribution in [3.8, 4) is 0 Å². The van der Waals surface area contributed by atoms with Crippen molar-refractivity contribution in [1.29, 1.82) is 0 Å². The second kappa shape index (κ2) is 20.3. The quantitative estimate of drug-likeness (QED) is 0.183. The highest BCUT2D eigenvalue weighted by Crippen LogP contribution is 2.20. The molecule has 0 aromatic carbocycles. The van der Waals surface area contributed by atoms with Gasteiger partial charge in [0.1, 0.15) is 11.8 Å². The van der Waals surface area contributed by atoms with E-state index in [-0.39, 0.29) is 34.7 Å². The van der Waals surface area contributed by atoms with Gasteiger partial charge in [0.25, 0.3) is 0 Å². The lowest BCUT2D eigenvalue weighted by Crippen LogP contribution is -2.52. The third-order valence-corrected chi connectivity index (χ3v) is 9.86. The van der Waals surface area contributed by atoms with Gasteiger partial charge >= 0.3 is 29.8 Å². The monoisotopic (exact) mass is 524 g/mol. The van der Waals surface area contributed by atoms with Crippen molar-refractivity contribution in [2.24, 2.45) is 0 Å². The van der Waals surface area contributed by atoms with E-state index in [1.807, 2.05) is 34.2 Å². The fourth-order valence-electron chi connectivity index (χ4n) is 2.65. The van der Waals surface area contributed by atoms with E-state index in [2.05, 4.69) is 13.2 Å². The van der Waals surface area contributed by atoms with Crippen molar-refractivity contribution in [2.45, 2.75) is 78.8 Å². The van der Waals surface area contributed by atoms with Gasteiger partial charge in [0, 0.05) is 44.6 Å². The van der Waals surface area contributed by atoms with Crippen molar-refractivity contribution in [3.63, 3.8) is 0 Å². The average molecular weight is 525 g/mol. The van der Waals surface area contributed by atoms with Crippen molar-refractivity contribution < 1.29 is 36.8 Å². The van der Waals surface area contributed by atoms with Gasteiger partial charge in [0.15, 0.2) is 0 Å². The van der Waals surface area contributed by atoms with Crippen molar-refractivity contribution in [3.05, 3.63) is 24.3 Å². The summed E-state index contributed by atoms with van der Waals surface area (Å²) in [5.41, 5.74) is 0.515. The maximum Gasteiger partial charge on any atom is 0.377 e. The summed E-state index contributed by atoms with van der Waals surface area (Å²) in [7, 11) is -0.899.